The molecule has 2 amide bonds. The van der Waals surface area contributed by atoms with Gasteiger partial charge >= 0.3 is 12.1 Å². The van der Waals surface area contributed by atoms with Crippen LogP contribution in [0.2, 0.25) is 0 Å². The predicted molar refractivity (Wildman–Crippen MR) is 155 cm³/mol. The van der Waals surface area contributed by atoms with Gasteiger partial charge in [-0.3, -0.25) is 4.79 Å². The molecule has 1 aromatic heterocycles. The number of ether oxygens (including phenoxy) is 1. The van der Waals surface area contributed by atoms with E-state index in [4.69, 9.17) is 10.5 Å². The zero-order valence-electron chi connectivity index (χ0n) is 23.3. The molecule has 0 bridgehead atoms. The Hall–Kier alpha value is -5.26. The molecule has 1 saturated heterocycles. The molecule has 1 aliphatic heterocycles. The molecule has 218 valence electrons. The number of piperazine rings is 1. The number of aromatic hydroxyl groups is 3. The van der Waals surface area contributed by atoms with E-state index >= 15 is 0 Å². The molecular weight excluding hydrogens is 540 g/mol. The number of carbonyl (C=O) groups excluding carboxylic acids is 2. The topological polar surface area (TPSA) is 167 Å². The summed E-state index contributed by atoms with van der Waals surface area (Å²) in [6.07, 6.45) is -0.848. The maximum Gasteiger partial charge on any atom is 0.404 e. The quantitative estimate of drug-likeness (QED) is 0.258. The molecule has 12 nitrogen and oxygen atoms in total. The SMILES string of the molecule is CC(C)c1cc(-c2nnc(O)n2-c2ccc(N3CCN(C(=O)c4ccc(COC(N)=O)cc4)CC3)cc2)c(O)cc1O. The number of carbonyl (C=O) groups is 2. The maximum atomic E-state index is 13.0. The van der Waals surface area contributed by atoms with Crippen LogP contribution < -0.4 is 10.6 Å². The summed E-state index contributed by atoms with van der Waals surface area (Å²) in [6, 6.07) is 17.0. The van der Waals surface area contributed by atoms with Gasteiger partial charge in [0.1, 0.15) is 18.1 Å². The van der Waals surface area contributed by atoms with Crippen LogP contribution in [-0.4, -0.2) is 73.2 Å². The Morgan fingerprint density at radius 1 is 0.881 bits per heavy atom. The molecule has 1 fully saturated rings. The normalized spacial score (nSPS) is 13.4. The molecule has 0 saturated carbocycles. The predicted octanol–water partition coefficient (Wildman–Crippen LogP) is 3.73. The number of phenols is 2. The van der Waals surface area contributed by atoms with Crippen LogP contribution in [0.3, 0.4) is 0 Å². The largest absolute Gasteiger partial charge is 0.508 e. The van der Waals surface area contributed by atoms with Crippen LogP contribution in [0, 0.1) is 0 Å². The van der Waals surface area contributed by atoms with Crippen molar-refractivity contribution in [3.8, 4) is 34.6 Å². The highest BCUT2D eigenvalue weighted by atomic mass is 16.5. The average Bonchev–Trinajstić information content (AvgIpc) is 3.36. The molecule has 42 heavy (non-hydrogen) atoms. The number of rotatable bonds is 7. The fraction of sp³-hybridized carbons (Fsp3) is 0.267. The van der Waals surface area contributed by atoms with Gasteiger partial charge in [-0.2, -0.15) is 0 Å². The van der Waals surface area contributed by atoms with Crippen LogP contribution in [0.25, 0.3) is 17.1 Å². The Balaban J connectivity index is 1.27. The van der Waals surface area contributed by atoms with Crippen molar-refractivity contribution < 1.29 is 29.6 Å². The van der Waals surface area contributed by atoms with E-state index in [9.17, 15) is 24.9 Å². The Bertz CT molecular complexity index is 1590. The summed E-state index contributed by atoms with van der Waals surface area (Å²) < 4.78 is 6.21. The second kappa shape index (κ2) is 11.7. The summed E-state index contributed by atoms with van der Waals surface area (Å²) in [7, 11) is 0. The van der Waals surface area contributed by atoms with E-state index in [0.29, 0.717) is 48.6 Å². The second-order valence-corrected chi connectivity index (χ2v) is 10.3. The van der Waals surface area contributed by atoms with E-state index in [-0.39, 0.29) is 41.8 Å². The Labute approximate surface area is 242 Å². The van der Waals surface area contributed by atoms with Gasteiger partial charge in [0.05, 0.1) is 11.3 Å². The van der Waals surface area contributed by atoms with Crippen molar-refractivity contribution in [2.75, 3.05) is 31.1 Å². The van der Waals surface area contributed by atoms with Crippen molar-refractivity contribution in [1.29, 1.82) is 0 Å². The molecule has 5 rings (SSSR count). The lowest BCUT2D eigenvalue weighted by Gasteiger charge is -2.36. The number of primary amides is 1. The molecule has 12 heteroatoms. The number of hydrogen-bond donors (Lipinski definition) is 4. The van der Waals surface area contributed by atoms with E-state index in [1.54, 1.807) is 35.2 Å². The van der Waals surface area contributed by atoms with Gasteiger partial charge < -0.3 is 35.6 Å². The van der Waals surface area contributed by atoms with Crippen molar-refractivity contribution in [3.63, 3.8) is 0 Å². The van der Waals surface area contributed by atoms with Crippen molar-refractivity contribution in [1.82, 2.24) is 19.7 Å². The summed E-state index contributed by atoms with van der Waals surface area (Å²) >= 11 is 0. The Morgan fingerprint density at radius 3 is 2.14 bits per heavy atom. The Kier molecular flexibility index (Phi) is 7.87. The number of nitrogens with two attached hydrogens (primary N) is 1. The molecule has 1 aliphatic rings. The number of amides is 2. The fourth-order valence-electron chi connectivity index (χ4n) is 4.98. The summed E-state index contributed by atoms with van der Waals surface area (Å²) in [5.41, 5.74) is 8.81. The zero-order valence-corrected chi connectivity index (χ0v) is 23.3. The second-order valence-electron chi connectivity index (χ2n) is 10.3. The van der Waals surface area contributed by atoms with Gasteiger partial charge in [-0.25, -0.2) is 9.36 Å². The third kappa shape index (κ3) is 5.78. The standard InChI is InChI=1S/C30H32N6O6/c1-18(2)23-15-24(26(38)16-25(23)37)27-32-33-30(41)36(27)22-9-7-21(8-10-22)34-11-13-35(14-12-34)28(39)20-5-3-19(4-6-20)17-42-29(31)40/h3-10,15-16,18,37-38H,11-14,17H2,1-2H3,(H2,31,40)(H,33,41). The molecule has 4 aromatic rings. The lowest BCUT2D eigenvalue weighted by Crippen LogP contribution is -2.48. The molecule has 2 heterocycles. The van der Waals surface area contributed by atoms with E-state index in [0.717, 1.165) is 11.3 Å². The molecule has 0 radical (unpaired) electrons. The smallest absolute Gasteiger partial charge is 0.404 e. The first-order valence-electron chi connectivity index (χ1n) is 13.5. The summed E-state index contributed by atoms with van der Waals surface area (Å²) in [6.45, 7) is 6.27. The number of hydrogen-bond acceptors (Lipinski definition) is 9. The molecule has 0 spiro atoms. The van der Waals surface area contributed by atoms with E-state index in [1.807, 2.05) is 38.1 Å². The zero-order chi connectivity index (χ0) is 30.0. The minimum absolute atomic E-state index is 0.000426. The fourth-order valence-corrected chi connectivity index (χ4v) is 4.98. The molecule has 0 aliphatic carbocycles. The molecule has 5 N–H and O–H groups in total. The van der Waals surface area contributed by atoms with Crippen LogP contribution in [-0.2, 0) is 11.3 Å². The van der Waals surface area contributed by atoms with Crippen LogP contribution in [0.5, 0.6) is 17.5 Å². The summed E-state index contributed by atoms with van der Waals surface area (Å²) in [5, 5.41) is 39.2. The summed E-state index contributed by atoms with van der Waals surface area (Å²) in [4.78, 5) is 27.8. The molecule has 0 unspecified atom stereocenters. The number of phenolic OH excluding ortho intramolecular Hbond substituents is 2. The monoisotopic (exact) mass is 572 g/mol. The van der Waals surface area contributed by atoms with Gasteiger partial charge in [0, 0.05) is 43.5 Å². The third-order valence-electron chi connectivity index (χ3n) is 7.28. The van der Waals surface area contributed by atoms with Gasteiger partial charge in [0.25, 0.3) is 5.91 Å². The third-order valence-corrected chi connectivity index (χ3v) is 7.28. The lowest BCUT2D eigenvalue weighted by atomic mass is 9.98. The highest BCUT2D eigenvalue weighted by Crippen LogP contribution is 2.39. The van der Waals surface area contributed by atoms with Crippen LogP contribution in [0.15, 0.2) is 60.7 Å². The van der Waals surface area contributed by atoms with Gasteiger partial charge in [0.15, 0.2) is 5.82 Å². The Morgan fingerprint density at radius 2 is 1.52 bits per heavy atom. The van der Waals surface area contributed by atoms with Gasteiger partial charge in [-0.15, -0.1) is 5.10 Å². The van der Waals surface area contributed by atoms with E-state index in [1.165, 1.54) is 10.6 Å². The first-order chi connectivity index (χ1) is 20.1. The highest BCUT2D eigenvalue weighted by molar-refractivity contribution is 5.94. The number of aromatic nitrogens is 3. The van der Waals surface area contributed by atoms with Crippen molar-refractivity contribution in [3.05, 3.63) is 77.4 Å². The maximum absolute atomic E-state index is 13.0. The van der Waals surface area contributed by atoms with Gasteiger partial charge in [-0.05, 0) is 59.5 Å². The number of anilines is 1. The van der Waals surface area contributed by atoms with E-state index in [2.05, 4.69) is 15.1 Å². The van der Waals surface area contributed by atoms with Crippen molar-refractivity contribution >= 4 is 17.7 Å². The van der Waals surface area contributed by atoms with Gasteiger partial charge in [0.2, 0.25) is 0 Å². The van der Waals surface area contributed by atoms with Crippen LogP contribution in [0.1, 0.15) is 41.3 Å². The first kappa shape index (κ1) is 28.3. The minimum atomic E-state index is -0.848. The van der Waals surface area contributed by atoms with Crippen molar-refractivity contribution in [2.24, 2.45) is 5.73 Å². The summed E-state index contributed by atoms with van der Waals surface area (Å²) in [5.74, 6) is -0.0266. The number of benzene rings is 3. The van der Waals surface area contributed by atoms with Gasteiger partial charge in [-0.1, -0.05) is 31.1 Å². The van der Waals surface area contributed by atoms with E-state index < -0.39 is 6.09 Å². The lowest BCUT2D eigenvalue weighted by molar-refractivity contribution is 0.0746. The van der Waals surface area contributed by atoms with Crippen molar-refractivity contribution in [2.45, 2.75) is 26.4 Å². The van der Waals surface area contributed by atoms with Crippen LogP contribution >= 0.6 is 0 Å². The minimum Gasteiger partial charge on any atom is -0.508 e. The molecule has 0 atom stereocenters. The highest BCUT2D eigenvalue weighted by Gasteiger charge is 2.24. The number of nitrogens with zero attached hydrogens (tertiary/aromatic N) is 5. The first-order valence-corrected chi connectivity index (χ1v) is 13.5. The molecular formula is C30H32N6O6. The van der Waals surface area contributed by atoms with Crippen LogP contribution in [0.4, 0.5) is 10.5 Å². The molecule has 3 aromatic carbocycles. The average molecular weight is 573 g/mol.